The van der Waals surface area contributed by atoms with Crippen molar-refractivity contribution < 1.29 is 9.53 Å². The van der Waals surface area contributed by atoms with Crippen LogP contribution in [0.3, 0.4) is 0 Å². The predicted molar refractivity (Wildman–Crippen MR) is 66.0 cm³/mol. The molecule has 1 rings (SSSR count). The van der Waals surface area contributed by atoms with Crippen LogP contribution in [-0.2, 0) is 9.53 Å². The molecule has 0 atom stereocenters. The molecule has 17 heavy (non-hydrogen) atoms. The molecule has 0 aliphatic rings. The number of hydrogen-bond donors (Lipinski definition) is 0. The number of aromatic nitrogens is 2. The fraction of sp³-hybridized carbons (Fsp3) is 0.583. The third-order valence-electron chi connectivity index (χ3n) is 2.28. The normalized spacial score (nSPS) is 10.1. The van der Waals surface area contributed by atoms with Crippen LogP contribution in [0.5, 0.6) is 0 Å². The zero-order valence-electron chi connectivity index (χ0n) is 10.9. The van der Waals surface area contributed by atoms with Crippen molar-refractivity contribution in [2.45, 2.75) is 27.7 Å². The third-order valence-corrected chi connectivity index (χ3v) is 2.28. The van der Waals surface area contributed by atoms with Gasteiger partial charge in [0.15, 0.2) is 0 Å². The standard InChI is InChI=1S/C12H19N3O2/c1-5-15(8-12(16)17-6-2)11-7-9(3)13-10(4)14-11/h7H,5-6,8H2,1-4H3. The summed E-state index contributed by atoms with van der Waals surface area (Å²) in [5.74, 6) is 1.25. The second kappa shape index (κ2) is 6.18. The van der Waals surface area contributed by atoms with Gasteiger partial charge in [-0.2, -0.15) is 0 Å². The quantitative estimate of drug-likeness (QED) is 0.726. The van der Waals surface area contributed by atoms with Gasteiger partial charge in [0, 0.05) is 18.3 Å². The number of ether oxygens (including phenoxy) is 1. The fourth-order valence-corrected chi connectivity index (χ4v) is 1.58. The first-order chi connectivity index (χ1) is 8.06. The smallest absolute Gasteiger partial charge is 0.325 e. The Balaban J connectivity index is 2.82. The van der Waals surface area contributed by atoms with Gasteiger partial charge in [-0.15, -0.1) is 0 Å². The largest absolute Gasteiger partial charge is 0.465 e. The lowest BCUT2D eigenvalue weighted by atomic mass is 10.3. The zero-order valence-corrected chi connectivity index (χ0v) is 10.9. The summed E-state index contributed by atoms with van der Waals surface area (Å²) in [6.45, 7) is 8.86. The van der Waals surface area contributed by atoms with Crippen LogP contribution < -0.4 is 4.90 Å². The Morgan fingerprint density at radius 2 is 2.06 bits per heavy atom. The van der Waals surface area contributed by atoms with E-state index in [9.17, 15) is 4.79 Å². The molecule has 1 aromatic rings. The summed E-state index contributed by atoms with van der Waals surface area (Å²) in [5.41, 5.74) is 0.898. The van der Waals surface area contributed by atoms with Crippen molar-refractivity contribution in [2.75, 3.05) is 24.6 Å². The van der Waals surface area contributed by atoms with E-state index >= 15 is 0 Å². The average molecular weight is 237 g/mol. The Hall–Kier alpha value is -1.65. The maximum absolute atomic E-state index is 11.4. The SMILES string of the molecule is CCOC(=O)CN(CC)c1cc(C)nc(C)n1. The van der Waals surface area contributed by atoms with Crippen molar-refractivity contribution in [2.24, 2.45) is 0 Å². The number of esters is 1. The van der Waals surface area contributed by atoms with Crippen LogP contribution in [-0.4, -0.2) is 35.6 Å². The lowest BCUT2D eigenvalue weighted by Crippen LogP contribution is -2.31. The van der Waals surface area contributed by atoms with Crippen LogP contribution >= 0.6 is 0 Å². The summed E-state index contributed by atoms with van der Waals surface area (Å²) in [4.78, 5) is 21.9. The van der Waals surface area contributed by atoms with E-state index in [1.807, 2.05) is 31.7 Å². The first-order valence-corrected chi connectivity index (χ1v) is 5.79. The molecule has 1 heterocycles. The van der Waals surface area contributed by atoms with Gasteiger partial charge in [0.25, 0.3) is 0 Å². The molecular weight excluding hydrogens is 218 g/mol. The van der Waals surface area contributed by atoms with E-state index in [2.05, 4.69) is 9.97 Å². The van der Waals surface area contributed by atoms with Crippen LogP contribution in [0.2, 0.25) is 0 Å². The lowest BCUT2D eigenvalue weighted by Gasteiger charge is -2.21. The van der Waals surface area contributed by atoms with Gasteiger partial charge >= 0.3 is 5.97 Å². The first kappa shape index (κ1) is 13.4. The van der Waals surface area contributed by atoms with Gasteiger partial charge in [0.05, 0.1) is 6.61 Å². The molecule has 0 N–H and O–H groups in total. The van der Waals surface area contributed by atoms with Crippen LogP contribution in [0, 0.1) is 13.8 Å². The van der Waals surface area contributed by atoms with Gasteiger partial charge < -0.3 is 9.64 Å². The molecule has 0 fully saturated rings. The van der Waals surface area contributed by atoms with Gasteiger partial charge in [-0.05, 0) is 27.7 Å². The van der Waals surface area contributed by atoms with Gasteiger partial charge in [-0.1, -0.05) is 0 Å². The molecule has 5 nitrogen and oxygen atoms in total. The second-order valence-corrected chi connectivity index (χ2v) is 3.73. The Morgan fingerprint density at radius 3 is 2.59 bits per heavy atom. The molecule has 1 aromatic heterocycles. The molecule has 0 aliphatic carbocycles. The van der Waals surface area contributed by atoms with E-state index in [-0.39, 0.29) is 12.5 Å². The zero-order chi connectivity index (χ0) is 12.8. The summed E-state index contributed by atoms with van der Waals surface area (Å²) in [6, 6.07) is 1.87. The number of nitrogens with zero attached hydrogens (tertiary/aromatic N) is 3. The molecule has 0 spiro atoms. The van der Waals surface area contributed by atoms with E-state index in [4.69, 9.17) is 4.74 Å². The minimum Gasteiger partial charge on any atom is -0.465 e. The topological polar surface area (TPSA) is 55.3 Å². The van der Waals surface area contributed by atoms with Gasteiger partial charge in [-0.25, -0.2) is 9.97 Å². The second-order valence-electron chi connectivity index (χ2n) is 3.73. The van der Waals surface area contributed by atoms with Gasteiger partial charge in [0.2, 0.25) is 0 Å². The molecule has 0 saturated heterocycles. The minimum atomic E-state index is -0.233. The highest BCUT2D eigenvalue weighted by Crippen LogP contribution is 2.12. The summed E-state index contributed by atoms with van der Waals surface area (Å²) in [7, 11) is 0. The molecule has 94 valence electrons. The molecule has 5 heteroatoms. The molecule has 0 amide bonds. The number of carbonyl (C=O) groups excluding carboxylic acids is 1. The van der Waals surface area contributed by atoms with Crippen molar-refractivity contribution in [3.63, 3.8) is 0 Å². The highest BCUT2D eigenvalue weighted by Gasteiger charge is 2.12. The number of aryl methyl sites for hydroxylation is 2. The van der Waals surface area contributed by atoms with Gasteiger partial charge in [-0.3, -0.25) is 4.79 Å². The van der Waals surface area contributed by atoms with Crippen LogP contribution in [0.15, 0.2) is 6.07 Å². The third kappa shape index (κ3) is 4.01. The van der Waals surface area contributed by atoms with Crippen molar-refractivity contribution >= 4 is 11.8 Å². The van der Waals surface area contributed by atoms with Crippen molar-refractivity contribution in [1.29, 1.82) is 0 Å². The Bertz CT molecular complexity index is 373. The van der Waals surface area contributed by atoms with E-state index in [0.29, 0.717) is 19.0 Å². The Morgan fingerprint density at radius 1 is 1.35 bits per heavy atom. The summed E-state index contributed by atoms with van der Waals surface area (Å²) in [6.07, 6.45) is 0. The molecule has 0 saturated carbocycles. The number of anilines is 1. The van der Waals surface area contributed by atoms with Crippen molar-refractivity contribution in [3.8, 4) is 0 Å². The van der Waals surface area contributed by atoms with E-state index in [0.717, 1.165) is 11.5 Å². The number of carbonyl (C=O) groups is 1. The maximum atomic E-state index is 11.4. The molecule has 0 bridgehead atoms. The highest BCUT2D eigenvalue weighted by atomic mass is 16.5. The Kier molecular flexibility index (Phi) is 4.87. The van der Waals surface area contributed by atoms with Crippen LogP contribution in [0.4, 0.5) is 5.82 Å². The number of likely N-dealkylation sites (N-methyl/N-ethyl adjacent to an activating group) is 1. The number of hydrogen-bond acceptors (Lipinski definition) is 5. The van der Waals surface area contributed by atoms with Crippen LogP contribution in [0.1, 0.15) is 25.4 Å². The monoisotopic (exact) mass is 237 g/mol. The molecule has 0 radical (unpaired) electrons. The summed E-state index contributed by atoms with van der Waals surface area (Å²) < 4.78 is 4.93. The van der Waals surface area contributed by atoms with E-state index < -0.39 is 0 Å². The summed E-state index contributed by atoms with van der Waals surface area (Å²) in [5, 5.41) is 0. The first-order valence-electron chi connectivity index (χ1n) is 5.79. The fourth-order valence-electron chi connectivity index (χ4n) is 1.58. The number of rotatable bonds is 5. The Labute approximate surface area is 102 Å². The van der Waals surface area contributed by atoms with Crippen LogP contribution in [0.25, 0.3) is 0 Å². The predicted octanol–water partition coefficient (Wildman–Crippen LogP) is 1.48. The van der Waals surface area contributed by atoms with E-state index in [1.54, 1.807) is 6.92 Å². The average Bonchev–Trinajstić information content (AvgIpc) is 2.24. The van der Waals surface area contributed by atoms with E-state index in [1.165, 1.54) is 0 Å². The molecule has 0 aromatic carbocycles. The molecule has 0 unspecified atom stereocenters. The maximum Gasteiger partial charge on any atom is 0.325 e. The molecule has 0 aliphatic heterocycles. The lowest BCUT2D eigenvalue weighted by molar-refractivity contribution is -0.141. The minimum absolute atomic E-state index is 0.222. The molecular formula is C12H19N3O2. The van der Waals surface area contributed by atoms with Gasteiger partial charge in [0.1, 0.15) is 18.2 Å². The van der Waals surface area contributed by atoms with Crippen molar-refractivity contribution in [3.05, 3.63) is 17.6 Å². The van der Waals surface area contributed by atoms with Crippen molar-refractivity contribution in [1.82, 2.24) is 9.97 Å². The highest BCUT2D eigenvalue weighted by molar-refractivity contribution is 5.75. The summed E-state index contributed by atoms with van der Waals surface area (Å²) >= 11 is 0.